The molecule has 3 aromatic rings. The molecular formula is C20H20N4O. The Morgan fingerprint density at radius 3 is 2.20 bits per heavy atom. The van der Waals surface area contributed by atoms with Gasteiger partial charge in [-0.15, -0.1) is 0 Å². The molecule has 4 rings (SSSR count). The van der Waals surface area contributed by atoms with E-state index in [9.17, 15) is 0 Å². The van der Waals surface area contributed by atoms with Crippen LogP contribution in [-0.2, 0) is 17.8 Å². The van der Waals surface area contributed by atoms with Crippen LogP contribution in [0.2, 0.25) is 0 Å². The molecule has 1 aliphatic heterocycles. The van der Waals surface area contributed by atoms with E-state index >= 15 is 0 Å². The van der Waals surface area contributed by atoms with Crippen LogP contribution in [-0.4, -0.2) is 16.6 Å². The Kier molecular flexibility index (Phi) is 4.31. The Bertz CT molecular complexity index is 813. The van der Waals surface area contributed by atoms with Crippen molar-refractivity contribution in [3.05, 3.63) is 83.0 Å². The summed E-state index contributed by atoms with van der Waals surface area (Å²) in [5.74, 6) is 1.04. The fourth-order valence-corrected chi connectivity index (χ4v) is 3.16. The van der Waals surface area contributed by atoms with Gasteiger partial charge >= 0.3 is 0 Å². The van der Waals surface area contributed by atoms with Gasteiger partial charge in [-0.25, -0.2) is 4.98 Å². The van der Waals surface area contributed by atoms with E-state index < -0.39 is 0 Å². The van der Waals surface area contributed by atoms with Gasteiger partial charge in [-0.05, 0) is 11.1 Å². The summed E-state index contributed by atoms with van der Waals surface area (Å²) >= 11 is 0. The zero-order valence-corrected chi connectivity index (χ0v) is 13.9. The third kappa shape index (κ3) is 3.32. The van der Waals surface area contributed by atoms with Crippen LogP contribution >= 0.6 is 0 Å². The van der Waals surface area contributed by atoms with Crippen molar-refractivity contribution in [1.29, 1.82) is 0 Å². The first-order chi connectivity index (χ1) is 12.3. The summed E-state index contributed by atoms with van der Waals surface area (Å²) < 4.78 is 5.61. The van der Waals surface area contributed by atoms with Gasteiger partial charge in [0.2, 0.25) is 5.95 Å². The Labute approximate surface area is 146 Å². The molecule has 0 spiro atoms. The van der Waals surface area contributed by atoms with Gasteiger partial charge in [0.05, 0.1) is 24.9 Å². The highest BCUT2D eigenvalue weighted by Gasteiger charge is 2.21. The van der Waals surface area contributed by atoms with Crippen molar-refractivity contribution in [2.45, 2.75) is 19.1 Å². The monoisotopic (exact) mass is 332 g/mol. The van der Waals surface area contributed by atoms with Gasteiger partial charge in [-0.2, -0.15) is 4.98 Å². The summed E-state index contributed by atoms with van der Waals surface area (Å²) in [4.78, 5) is 8.83. The fourth-order valence-electron chi connectivity index (χ4n) is 3.16. The Balaban J connectivity index is 1.76. The molecule has 0 fully saturated rings. The Morgan fingerprint density at radius 1 is 0.920 bits per heavy atom. The lowest BCUT2D eigenvalue weighted by Gasteiger charge is -2.24. The summed E-state index contributed by atoms with van der Waals surface area (Å²) in [7, 11) is 0. The molecule has 126 valence electrons. The molecule has 0 amide bonds. The van der Waals surface area contributed by atoms with Gasteiger partial charge in [-0.3, -0.25) is 0 Å². The summed E-state index contributed by atoms with van der Waals surface area (Å²) in [5, 5.41) is 3.57. The predicted molar refractivity (Wildman–Crippen MR) is 98.2 cm³/mol. The SMILES string of the molecule is Nc1nc2c(c(NC(c3ccccc3)c3ccccc3)n1)COCC2. The number of nitrogens with zero attached hydrogens (tertiary/aromatic N) is 2. The number of ether oxygens (including phenoxy) is 1. The maximum absolute atomic E-state index is 5.93. The van der Waals surface area contributed by atoms with E-state index in [4.69, 9.17) is 10.5 Å². The van der Waals surface area contributed by atoms with Crippen LogP contribution in [0, 0.1) is 0 Å². The van der Waals surface area contributed by atoms with Gasteiger partial charge in [-0.1, -0.05) is 60.7 Å². The average Bonchev–Trinajstić information content (AvgIpc) is 2.67. The number of rotatable bonds is 4. The molecule has 2 heterocycles. The Morgan fingerprint density at radius 2 is 1.56 bits per heavy atom. The van der Waals surface area contributed by atoms with Crippen LogP contribution in [0.25, 0.3) is 0 Å². The lowest BCUT2D eigenvalue weighted by atomic mass is 9.98. The average molecular weight is 332 g/mol. The van der Waals surface area contributed by atoms with Gasteiger partial charge in [0.25, 0.3) is 0 Å². The minimum atomic E-state index is -0.0253. The molecule has 0 saturated carbocycles. The second kappa shape index (κ2) is 6.91. The van der Waals surface area contributed by atoms with E-state index in [2.05, 4.69) is 39.6 Å². The quantitative estimate of drug-likeness (QED) is 0.766. The number of fused-ring (bicyclic) bond motifs is 1. The van der Waals surface area contributed by atoms with E-state index in [0.717, 1.165) is 34.6 Å². The van der Waals surface area contributed by atoms with Crippen LogP contribution in [0.4, 0.5) is 11.8 Å². The van der Waals surface area contributed by atoms with Gasteiger partial charge < -0.3 is 15.8 Å². The normalized spacial score (nSPS) is 13.5. The van der Waals surface area contributed by atoms with Crippen molar-refractivity contribution in [2.75, 3.05) is 17.7 Å². The van der Waals surface area contributed by atoms with Crippen molar-refractivity contribution in [3.63, 3.8) is 0 Å². The molecule has 5 heteroatoms. The van der Waals surface area contributed by atoms with Crippen LogP contribution in [0.3, 0.4) is 0 Å². The molecule has 0 bridgehead atoms. The number of hydrogen-bond donors (Lipinski definition) is 2. The first-order valence-corrected chi connectivity index (χ1v) is 8.40. The number of nitrogen functional groups attached to an aromatic ring is 1. The van der Waals surface area contributed by atoms with E-state index in [1.807, 2.05) is 36.4 Å². The number of aromatic nitrogens is 2. The molecule has 3 N–H and O–H groups in total. The van der Waals surface area contributed by atoms with Crippen molar-refractivity contribution in [1.82, 2.24) is 9.97 Å². The minimum Gasteiger partial charge on any atom is -0.376 e. The van der Waals surface area contributed by atoms with Crippen molar-refractivity contribution < 1.29 is 4.74 Å². The number of hydrogen-bond acceptors (Lipinski definition) is 5. The maximum atomic E-state index is 5.93. The standard InChI is InChI=1S/C20H20N4O/c21-20-22-17-11-12-25-13-16(17)19(24-20)23-18(14-7-3-1-4-8-14)15-9-5-2-6-10-15/h1-10,18H,11-13H2,(H3,21,22,23,24). The third-order valence-corrected chi connectivity index (χ3v) is 4.39. The number of benzene rings is 2. The number of nitrogens with one attached hydrogen (secondary N) is 1. The highest BCUT2D eigenvalue weighted by molar-refractivity contribution is 5.53. The second-order valence-electron chi connectivity index (χ2n) is 6.06. The van der Waals surface area contributed by atoms with Crippen LogP contribution in [0.5, 0.6) is 0 Å². The summed E-state index contributed by atoms with van der Waals surface area (Å²) in [5.41, 5.74) is 10.2. The minimum absolute atomic E-state index is 0.0253. The maximum Gasteiger partial charge on any atom is 0.222 e. The molecule has 5 nitrogen and oxygen atoms in total. The Hall–Kier alpha value is -2.92. The van der Waals surface area contributed by atoms with Gasteiger partial charge in [0.15, 0.2) is 0 Å². The highest BCUT2D eigenvalue weighted by atomic mass is 16.5. The van der Waals surface area contributed by atoms with Gasteiger partial charge in [0.1, 0.15) is 5.82 Å². The van der Waals surface area contributed by atoms with Crippen molar-refractivity contribution in [2.24, 2.45) is 0 Å². The molecule has 0 radical (unpaired) electrons. The van der Waals surface area contributed by atoms with E-state index in [1.54, 1.807) is 0 Å². The number of nitrogens with two attached hydrogens (primary N) is 1. The smallest absolute Gasteiger partial charge is 0.222 e. The molecule has 0 saturated heterocycles. The summed E-state index contributed by atoms with van der Waals surface area (Å²) in [6, 6.07) is 20.6. The summed E-state index contributed by atoms with van der Waals surface area (Å²) in [6.07, 6.45) is 0.762. The lowest BCUT2D eigenvalue weighted by Crippen LogP contribution is -2.20. The predicted octanol–water partition coefficient (Wildman–Crippen LogP) is 3.33. The number of anilines is 2. The molecule has 0 unspecified atom stereocenters. The van der Waals surface area contributed by atoms with Crippen LogP contribution < -0.4 is 11.1 Å². The largest absolute Gasteiger partial charge is 0.376 e. The second-order valence-corrected chi connectivity index (χ2v) is 6.06. The molecule has 1 aromatic heterocycles. The van der Waals surface area contributed by atoms with Crippen molar-refractivity contribution >= 4 is 11.8 Å². The van der Waals surface area contributed by atoms with E-state index in [1.165, 1.54) is 0 Å². The van der Waals surface area contributed by atoms with Crippen LogP contribution in [0.1, 0.15) is 28.4 Å². The molecule has 0 aliphatic carbocycles. The van der Waals surface area contributed by atoms with E-state index in [-0.39, 0.29) is 6.04 Å². The van der Waals surface area contributed by atoms with Crippen molar-refractivity contribution in [3.8, 4) is 0 Å². The topological polar surface area (TPSA) is 73.1 Å². The fraction of sp³-hybridized carbons (Fsp3) is 0.200. The van der Waals surface area contributed by atoms with Gasteiger partial charge in [0, 0.05) is 12.0 Å². The highest BCUT2D eigenvalue weighted by Crippen LogP contribution is 2.30. The molecular weight excluding hydrogens is 312 g/mol. The van der Waals surface area contributed by atoms with E-state index in [0.29, 0.717) is 19.2 Å². The third-order valence-electron chi connectivity index (χ3n) is 4.39. The first kappa shape index (κ1) is 15.6. The zero-order chi connectivity index (χ0) is 17.1. The summed E-state index contributed by atoms with van der Waals surface area (Å²) in [6.45, 7) is 1.18. The van der Waals surface area contributed by atoms with Crippen LogP contribution in [0.15, 0.2) is 60.7 Å². The zero-order valence-electron chi connectivity index (χ0n) is 13.9. The molecule has 1 aliphatic rings. The lowest BCUT2D eigenvalue weighted by molar-refractivity contribution is 0.109. The molecule has 0 atom stereocenters. The first-order valence-electron chi connectivity index (χ1n) is 8.40. The molecule has 25 heavy (non-hydrogen) atoms. The molecule has 2 aromatic carbocycles.